The van der Waals surface area contributed by atoms with Gasteiger partial charge in [0, 0.05) is 11.9 Å². The number of rotatable bonds is 5. The number of nitrogens with zero attached hydrogens (tertiary/aromatic N) is 3. The number of pyridine rings is 1. The van der Waals surface area contributed by atoms with Gasteiger partial charge in [-0.15, -0.1) is 0 Å². The van der Waals surface area contributed by atoms with E-state index in [0.717, 1.165) is 17.1 Å². The minimum Gasteiger partial charge on any atom is -0.345 e. The number of aromatic nitrogens is 3. The summed E-state index contributed by atoms with van der Waals surface area (Å²) in [5.74, 6) is 0.284. The Kier molecular flexibility index (Phi) is 4.93. The van der Waals surface area contributed by atoms with Gasteiger partial charge >= 0.3 is 0 Å². The fourth-order valence-corrected chi connectivity index (χ4v) is 2.61. The maximum atomic E-state index is 12.3. The summed E-state index contributed by atoms with van der Waals surface area (Å²) < 4.78 is 1.79. The molecule has 0 unspecified atom stereocenters. The number of hydrogen-bond acceptors (Lipinski definition) is 3. The number of aryl methyl sites for hydroxylation is 1. The lowest BCUT2D eigenvalue weighted by atomic mass is 10.0. The molecule has 0 bridgehead atoms. The molecule has 3 aromatic rings. The van der Waals surface area contributed by atoms with Crippen molar-refractivity contribution in [2.24, 2.45) is 0 Å². The Morgan fingerprint density at radius 1 is 1.16 bits per heavy atom. The average molecular weight is 334 g/mol. The molecule has 0 saturated carbocycles. The van der Waals surface area contributed by atoms with Gasteiger partial charge in [0.2, 0.25) is 0 Å². The topological polar surface area (TPSA) is 59.8 Å². The second-order valence-electron chi connectivity index (χ2n) is 6.33. The van der Waals surface area contributed by atoms with Crippen LogP contribution < -0.4 is 5.32 Å². The highest BCUT2D eigenvalue weighted by molar-refractivity contribution is 5.92. The first-order chi connectivity index (χ1) is 12.0. The van der Waals surface area contributed by atoms with Crippen molar-refractivity contribution in [2.45, 2.75) is 33.2 Å². The van der Waals surface area contributed by atoms with Crippen LogP contribution in [0.2, 0.25) is 0 Å². The number of amides is 1. The van der Waals surface area contributed by atoms with Crippen LogP contribution in [0.15, 0.2) is 54.7 Å². The van der Waals surface area contributed by atoms with Gasteiger partial charge in [-0.25, -0.2) is 4.68 Å². The second-order valence-corrected chi connectivity index (χ2v) is 6.33. The Morgan fingerprint density at radius 2 is 1.92 bits per heavy atom. The SMILES string of the molecule is Cc1cc(C(=O)NCc2ccccn2)nn1-c1ccc(C(C)C)cc1. The van der Waals surface area contributed by atoms with E-state index < -0.39 is 0 Å². The largest absolute Gasteiger partial charge is 0.345 e. The lowest BCUT2D eigenvalue weighted by Gasteiger charge is -2.08. The molecule has 0 radical (unpaired) electrons. The van der Waals surface area contributed by atoms with Crippen LogP contribution in [0.25, 0.3) is 5.69 Å². The standard InChI is InChI=1S/C20H22N4O/c1-14(2)16-7-9-18(10-8-16)24-15(3)12-19(23-24)20(25)22-13-17-6-4-5-11-21-17/h4-12,14H,13H2,1-3H3,(H,22,25). The number of nitrogens with one attached hydrogen (secondary N) is 1. The molecule has 1 N–H and O–H groups in total. The highest BCUT2D eigenvalue weighted by Gasteiger charge is 2.13. The lowest BCUT2D eigenvalue weighted by Crippen LogP contribution is -2.23. The normalized spacial score (nSPS) is 10.9. The molecule has 0 saturated heterocycles. The number of benzene rings is 1. The van der Waals surface area contributed by atoms with Gasteiger partial charge in [0.05, 0.1) is 17.9 Å². The molecule has 0 aliphatic rings. The fourth-order valence-electron chi connectivity index (χ4n) is 2.61. The van der Waals surface area contributed by atoms with Crippen molar-refractivity contribution < 1.29 is 4.79 Å². The summed E-state index contributed by atoms with van der Waals surface area (Å²) in [5, 5.41) is 7.31. The Morgan fingerprint density at radius 3 is 2.56 bits per heavy atom. The third-order valence-electron chi connectivity index (χ3n) is 4.08. The van der Waals surface area contributed by atoms with Gasteiger partial charge in [-0.1, -0.05) is 32.0 Å². The zero-order chi connectivity index (χ0) is 17.8. The van der Waals surface area contributed by atoms with Crippen LogP contribution in [0, 0.1) is 6.92 Å². The number of carbonyl (C=O) groups excluding carboxylic acids is 1. The molecular formula is C20H22N4O. The molecule has 5 nitrogen and oxygen atoms in total. The Labute approximate surface area is 147 Å². The summed E-state index contributed by atoms with van der Waals surface area (Å²) in [6.45, 7) is 6.66. The third kappa shape index (κ3) is 3.94. The molecular weight excluding hydrogens is 312 g/mol. The average Bonchev–Trinajstić information content (AvgIpc) is 3.02. The van der Waals surface area contributed by atoms with E-state index >= 15 is 0 Å². The van der Waals surface area contributed by atoms with Gasteiger partial charge in [-0.05, 0) is 48.7 Å². The van der Waals surface area contributed by atoms with Crippen LogP contribution in [-0.2, 0) is 6.54 Å². The molecule has 0 atom stereocenters. The molecule has 2 heterocycles. The van der Waals surface area contributed by atoms with Crippen LogP contribution in [0.4, 0.5) is 0 Å². The van der Waals surface area contributed by atoms with Crippen molar-refractivity contribution in [3.63, 3.8) is 0 Å². The molecule has 2 aromatic heterocycles. The van der Waals surface area contributed by atoms with Crippen LogP contribution in [0.1, 0.15) is 47.2 Å². The second kappa shape index (κ2) is 7.30. The molecule has 0 aliphatic carbocycles. The maximum absolute atomic E-state index is 12.3. The summed E-state index contributed by atoms with van der Waals surface area (Å²) in [5.41, 5.74) is 4.37. The van der Waals surface area contributed by atoms with Gasteiger partial charge < -0.3 is 5.32 Å². The molecule has 128 valence electrons. The first kappa shape index (κ1) is 16.9. The summed E-state index contributed by atoms with van der Waals surface area (Å²) >= 11 is 0. The fraction of sp³-hybridized carbons (Fsp3) is 0.250. The van der Waals surface area contributed by atoms with E-state index in [2.05, 4.69) is 41.4 Å². The van der Waals surface area contributed by atoms with E-state index in [1.807, 2.05) is 37.3 Å². The zero-order valence-corrected chi connectivity index (χ0v) is 14.7. The molecule has 0 spiro atoms. The summed E-state index contributed by atoms with van der Waals surface area (Å²) in [6.07, 6.45) is 1.71. The van der Waals surface area contributed by atoms with Crippen LogP contribution in [0.5, 0.6) is 0 Å². The minimum absolute atomic E-state index is 0.202. The smallest absolute Gasteiger partial charge is 0.272 e. The molecule has 0 fully saturated rings. The molecule has 0 aliphatic heterocycles. The minimum atomic E-state index is -0.202. The van der Waals surface area contributed by atoms with Gasteiger partial charge in [-0.2, -0.15) is 5.10 Å². The highest BCUT2D eigenvalue weighted by atomic mass is 16.1. The third-order valence-corrected chi connectivity index (χ3v) is 4.08. The van der Waals surface area contributed by atoms with Crippen LogP contribution in [-0.4, -0.2) is 20.7 Å². The molecule has 1 amide bonds. The molecule has 25 heavy (non-hydrogen) atoms. The Bertz CT molecular complexity index is 851. The van der Waals surface area contributed by atoms with Crippen molar-refractivity contribution in [1.82, 2.24) is 20.1 Å². The maximum Gasteiger partial charge on any atom is 0.272 e. The van der Waals surface area contributed by atoms with Crippen LogP contribution >= 0.6 is 0 Å². The van der Waals surface area contributed by atoms with Crippen molar-refractivity contribution in [2.75, 3.05) is 0 Å². The Hall–Kier alpha value is -2.95. The molecule has 5 heteroatoms. The van der Waals surface area contributed by atoms with Crippen molar-refractivity contribution >= 4 is 5.91 Å². The van der Waals surface area contributed by atoms with Crippen molar-refractivity contribution in [3.05, 3.63) is 77.4 Å². The predicted molar refractivity (Wildman–Crippen MR) is 97.8 cm³/mol. The summed E-state index contributed by atoms with van der Waals surface area (Å²) in [6, 6.07) is 15.7. The lowest BCUT2D eigenvalue weighted by molar-refractivity contribution is 0.0945. The van der Waals surface area contributed by atoms with E-state index in [1.54, 1.807) is 16.9 Å². The first-order valence-electron chi connectivity index (χ1n) is 8.39. The van der Waals surface area contributed by atoms with E-state index in [4.69, 9.17) is 0 Å². The van der Waals surface area contributed by atoms with Gasteiger partial charge in [0.15, 0.2) is 5.69 Å². The summed E-state index contributed by atoms with van der Waals surface area (Å²) in [7, 11) is 0. The predicted octanol–water partition coefficient (Wildman–Crippen LogP) is 3.63. The van der Waals surface area contributed by atoms with E-state index in [9.17, 15) is 4.79 Å². The molecule has 1 aromatic carbocycles. The quantitative estimate of drug-likeness (QED) is 0.775. The van der Waals surface area contributed by atoms with Crippen molar-refractivity contribution in [3.8, 4) is 5.69 Å². The number of hydrogen-bond donors (Lipinski definition) is 1. The van der Waals surface area contributed by atoms with Gasteiger partial charge in [0.1, 0.15) is 0 Å². The van der Waals surface area contributed by atoms with E-state index in [1.165, 1.54) is 5.56 Å². The summed E-state index contributed by atoms with van der Waals surface area (Å²) in [4.78, 5) is 16.5. The highest BCUT2D eigenvalue weighted by Crippen LogP contribution is 2.18. The number of carbonyl (C=O) groups is 1. The Balaban J connectivity index is 1.74. The van der Waals surface area contributed by atoms with E-state index in [0.29, 0.717) is 18.2 Å². The van der Waals surface area contributed by atoms with Gasteiger partial charge in [-0.3, -0.25) is 9.78 Å². The first-order valence-corrected chi connectivity index (χ1v) is 8.39. The molecule has 3 rings (SSSR count). The zero-order valence-electron chi connectivity index (χ0n) is 14.7. The monoisotopic (exact) mass is 334 g/mol. The van der Waals surface area contributed by atoms with Gasteiger partial charge in [0.25, 0.3) is 5.91 Å². The van der Waals surface area contributed by atoms with Crippen LogP contribution in [0.3, 0.4) is 0 Å². The van der Waals surface area contributed by atoms with E-state index in [-0.39, 0.29) is 5.91 Å². The van der Waals surface area contributed by atoms with Crippen molar-refractivity contribution in [1.29, 1.82) is 0 Å².